The van der Waals surface area contributed by atoms with Crippen LogP contribution < -0.4 is 10.3 Å². The largest absolute Gasteiger partial charge is 0.507 e. The molecular weight excluding hydrogens is 870 g/mol. The Hall–Kier alpha value is -5.62. The second-order valence-electron chi connectivity index (χ2n) is 15.2. The van der Waals surface area contributed by atoms with Gasteiger partial charge in [-0.1, -0.05) is 65.2 Å². The highest BCUT2D eigenvalue weighted by atomic mass is 35.5. The highest BCUT2D eigenvalue weighted by Gasteiger charge is 2.71. The van der Waals surface area contributed by atoms with Gasteiger partial charge in [-0.25, -0.2) is 9.88 Å². The molecule has 4 amide bonds. The number of aromatic hydroxyl groups is 1. The molecule has 0 spiro atoms. The minimum atomic E-state index is -5.31. The first-order chi connectivity index (χ1) is 28.5. The highest BCUT2D eigenvalue weighted by Crippen LogP contribution is 2.65. The van der Waals surface area contributed by atoms with Crippen molar-refractivity contribution in [1.29, 1.82) is 0 Å². The van der Waals surface area contributed by atoms with Crippen LogP contribution in [-0.4, -0.2) is 38.7 Å². The first-order valence-corrected chi connectivity index (χ1v) is 19.0. The number of amides is 4. The fourth-order valence-electron chi connectivity index (χ4n) is 9.36. The van der Waals surface area contributed by atoms with Crippen LogP contribution in [0.25, 0.3) is 0 Å². The SMILES string of the molecule is Cc1cccc([C@H]2C3=CC[C@@H]4C(=O)N(c5cc(C(F)(F)F)cc(C(F)(F)F)c5)C(=O)[C@@H]4[C@@H]3C[C@H]3C(=O)N(Nc4ncc(C(F)(F)F)cc4Cl)C(=O)[C@@]23c2ccc(Cl)cc2)c1O. The van der Waals surface area contributed by atoms with Gasteiger partial charge in [-0.15, -0.1) is 0 Å². The molecule has 3 aromatic carbocycles. The van der Waals surface area contributed by atoms with E-state index in [-0.39, 0.29) is 57.0 Å². The standard InChI is InChI=1S/C41H27Cl2F9N4O5/c1-17-3-2-4-26(32(17)57)31-24-9-10-25-30(36(60)55(34(25)58)23-12-19(39(44,45)46)11-20(13-23)40(47,48)49)27(24)15-28-35(59)56(37(61)38(28,31)18-5-7-22(42)8-6-18)54-33-29(43)14-21(16-53-33)41(50,51)52/h2-9,11-14,16,25,27-28,30-31,57H,10,15H2,1H3,(H,53,54)/t25-,27+,28-,30-,31+,38+/m0/s1. The van der Waals surface area contributed by atoms with Gasteiger partial charge in [0, 0.05) is 22.7 Å². The number of nitrogens with zero attached hydrogens (tertiary/aromatic N) is 3. The van der Waals surface area contributed by atoms with E-state index in [2.05, 4.69) is 10.4 Å². The van der Waals surface area contributed by atoms with Crippen LogP contribution in [0.5, 0.6) is 5.75 Å². The van der Waals surface area contributed by atoms with Gasteiger partial charge < -0.3 is 5.11 Å². The van der Waals surface area contributed by atoms with Crippen molar-refractivity contribution >= 4 is 58.3 Å². The number of benzene rings is 3. The van der Waals surface area contributed by atoms with E-state index in [4.69, 9.17) is 23.2 Å². The number of hydrogen-bond donors (Lipinski definition) is 2. The lowest BCUT2D eigenvalue weighted by Gasteiger charge is -2.50. The number of phenolic OH excluding ortho intramolecular Hbond substituents is 1. The molecule has 4 aromatic rings. The van der Waals surface area contributed by atoms with E-state index >= 15 is 4.79 Å². The number of allylic oxidation sites excluding steroid dienone is 2. The van der Waals surface area contributed by atoms with E-state index in [1.54, 1.807) is 19.1 Å². The third kappa shape index (κ3) is 6.60. The molecule has 9 nitrogen and oxygen atoms in total. The summed E-state index contributed by atoms with van der Waals surface area (Å²) in [6.07, 6.45) is -14.2. The highest BCUT2D eigenvalue weighted by molar-refractivity contribution is 6.33. The third-order valence-electron chi connectivity index (χ3n) is 12.0. The van der Waals surface area contributed by atoms with E-state index in [1.807, 2.05) is 0 Å². The molecule has 3 heterocycles. The predicted octanol–water partition coefficient (Wildman–Crippen LogP) is 9.65. The van der Waals surface area contributed by atoms with Gasteiger partial charge in [0.1, 0.15) is 5.75 Å². The third-order valence-corrected chi connectivity index (χ3v) is 12.5. The van der Waals surface area contributed by atoms with Crippen molar-refractivity contribution in [1.82, 2.24) is 9.99 Å². The monoisotopic (exact) mass is 896 g/mol. The average Bonchev–Trinajstić information content (AvgIpc) is 3.56. The summed E-state index contributed by atoms with van der Waals surface area (Å²) in [7, 11) is 0. The number of carbonyl (C=O) groups is 4. The molecule has 2 N–H and O–H groups in total. The average molecular weight is 898 g/mol. The Kier molecular flexibility index (Phi) is 9.81. The summed E-state index contributed by atoms with van der Waals surface area (Å²) in [6.45, 7) is 1.55. The van der Waals surface area contributed by atoms with Crippen molar-refractivity contribution in [3.8, 4) is 5.75 Å². The quantitative estimate of drug-likeness (QED) is 0.116. The minimum Gasteiger partial charge on any atom is -0.507 e. The summed E-state index contributed by atoms with van der Waals surface area (Å²) in [5, 5.41) is 11.8. The van der Waals surface area contributed by atoms with Crippen LogP contribution >= 0.6 is 23.2 Å². The van der Waals surface area contributed by atoms with Gasteiger partial charge in [0.25, 0.3) is 11.8 Å². The smallest absolute Gasteiger partial charge is 0.417 e. The van der Waals surface area contributed by atoms with Crippen molar-refractivity contribution in [2.75, 3.05) is 10.3 Å². The Bertz CT molecular complexity index is 2550. The molecule has 4 aliphatic rings. The number of rotatable bonds is 5. The second-order valence-corrected chi connectivity index (χ2v) is 16.1. The molecular formula is C41H27Cl2F9N4O5. The molecule has 20 heteroatoms. The van der Waals surface area contributed by atoms with Gasteiger partial charge in [0.05, 0.1) is 50.6 Å². The number of para-hydroxylation sites is 1. The number of pyridine rings is 1. The van der Waals surface area contributed by atoms with Crippen molar-refractivity contribution in [2.45, 2.75) is 49.6 Å². The number of halogens is 11. The van der Waals surface area contributed by atoms with Crippen molar-refractivity contribution in [2.24, 2.45) is 23.7 Å². The topological polar surface area (TPSA) is 120 Å². The van der Waals surface area contributed by atoms with Gasteiger partial charge in [-0.3, -0.25) is 24.6 Å². The van der Waals surface area contributed by atoms with Gasteiger partial charge in [-0.05, 0) is 73.2 Å². The maximum atomic E-state index is 15.3. The number of hydrogen-bond acceptors (Lipinski definition) is 7. The van der Waals surface area contributed by atoms with Gasteiger partial charge in [0.2, 0.25) is 11.8 Å². The molecule has 61 heavy (non-hydrogen) atoms. The Morgan fingerprint density at radius 1 is 0.787 bits per heavy atom. The molecule has 318 valence electrons. The second kappa shape index (κ2) is 14.2. The molecule has 3 fully saturated rings. The Morgan fingerprint density at radius 2 is 1.41 bits per heavy atom. The zero-order valence-corrected chi connectivity index (χ0v) is 32.4. The number of carbonyl (C=O) groups excluding carboxylic acids is 4. The Morgan fingerprint density at radius 3 is 2.00 bits per heavy atom. The maximum Gasteiger partial charge on any atom is 0.417 e. The van der Waals surface area contributed by atoms with Crippen molar-refractivity contribution in [3.63, 3.8) is 0 Å². The van der Waals surface area contributed by atoms with Crippen LogP contribution in [0.4, 0.5) is 51.0 Å². The van der Waals surface area contributed by atoms with E-state index in [9.17, 15) is 59.0 Å². The number of aromatic nitrogens is 1. The molecule has 0 bridgehead atoms. The fraction of sp³-hybridized carbons (Fsp3) is 0.293. The van der Waals surface area contributed by atoms with E-state index in [0.717, 1.165) is 0 Å². The zero-order valence-electron chi connectivity index (χ0n) is 30.9. The van der Waals surface area contributed by atoms with Crippen LogP contribution in [0.1, 0.15) is 52.1 Å². The number of hydrazine groups is 1. The Labute approximate surface area is 348 Å². The van der Waals surface area contributed by atoms with Crippen LogP contribution in [0.3, 0.4) is 0 Å². The number of aryl methyl sites for hydroxylation is 1. The summed E-state index contributed by atoms with van der Waals surface area (Å²) in [4.78, 5) is 62.7. The normalized spacial score (nSPS) is 25.4. The Balaban J connectivity index is 1.31. The molecule has 1 aromatic heterocycles. The molecule has 6 atom stereocenters. The number of anilines is 2. The van der Waals surface area contributed by atoms with E-state index < -0.39 is 117 Å². The lowest BCUT2D eigenvalue weighted by Crippen LogP contribution is -2.53. The predicted molar refractivity (Wildman–Crippen MR) is 199 cm³/mol. The maximum absolute atomic E-state index is 15.3. The van der Waals surface area contributed by atoms with Crippen molar-refractivity contribution < 1.29 is 63.8 Å². The van der Waals surface area contributed by atoms with Gasteiger partial charge >= 0.3 is 18.5 Å². The molecule has 1 saturated carbocycles. The lowest BCUT2D eigenvalue weighted by atomic mass is 9.49. The van der Waals surface area contributed by atoms with Crippen LogP contribution in [0.2, 0.25) is 10.0 Å². The lowest BCUT2D eigenvalue weighted by molar-refractivity contribution is -0.143. The molecule has 0 radical (unpaired) electrons. The van der Waals surface area contributed by atoms with Gasteiger partial charge in [-0.2, -0.15) is 44.5 Å². The summed E-state index contributed by atoms with van der Waals surface area (Å²) in [5.74, 6) is -12.0. The number of nitrogens with one attached hydrogen (secondary N) is 1. The van der Waals surface area contributed by atoms with Crippen LogP contribution in [0, 0.1) is 30.6 Å². The first kappa shape index (κ1) is 42.1. The summed E-state index contributed by atoms with van der Waals surface area (Å²) in [5.41, 5.74) is -4.52. The van der Waals surface area contributed by atoms with Crippen LogP contribution in [0.15, 0.2) is 84.6 Å². The molecule has 2 saturated heterocycles. The van der Waals surface area contributed by atoms with E-state index in [0.29, 0.717) is 22.8 Å². The summed E-state index contributed by atoms with van der Waals surface area (Å²) in [6, 6.07) is 11.2. The molecule has 0 unspecified atom stereocenters. The molecule has 2 aliphatic heterocycles. The summed E-state index contributed by atoms with van der Waals surface area (Å²) < 4.78 is 124. The zero-order chi connectivity index (χ0) is 44.3. The number of imide groups is 2. The number of fused-ring (bicyclic) bond motifs is 4. The van der Waals surface area contributed by atoms with Crippen LogP contribution in [-0.2, 0) is 43.1 Å². The minimum absolute atomic E-state index is 0.0735. The number of phenols is 1. The summed E-state index contributed by atoms with van der Waals surface area (Å²) >= 11 is 12.4. The van der Waals surface area contributed by atoms with E-state index in [1.165, 1.54) is 36.4 Å². The van der Waals surface area contributed by atoms with Gasteiger partial charge in [0.15, 0.2) is 5.82 Å². The first-order valence-electron chi connectivity index (χ1n) is 18.3. The van der Waals surface area contributed by atoms with Crippen molar-refractivity contribution in [3.05, 3.63) is 128 Å². The fourth-order valence-corrected chi connectivity index (χ4v) is 9.70. The molecule has 8 rings (SSSR count). The molecule has 2 aliphatic carbocycles. The number of alkyl halides is 9.